The highest BCUT2D eigenvalue weighted by Crippen LogP contribution is 1.88. The Bertz CT molecular complexity index is 215. The molecule has 5 heteroatoms. The molecule has 0 aliphatic rings. The van der Waals surface area contributed by atoms with Gasteiger partial charge in [0.2, 0.25) is 11.8 Å². The number of carbonyl (C=O) groups excluding carboxylic acids is 1. The van der Waals surface area contributed by atoms with Gasteiger partial charge in [0.05, 0.1) is 13.0 Å². The summed E-state index contributed by atoms with van der Waals surface area (Å²) in [6.45, 7) is 8.23. The van der Waals surface area contributed by atoms with Crippen LogP contribution in [-0.4, -0.2) is 31.1 Å². The van der Waals surface area contributed by atoms with Crippen molar-refractivity contribution in [3.63, 3.8) is 0 Å². The molecule has 0 spiro atoms. The Morgan fingerprint density at radius 3 is 2.67 bits per heavy atom. The Morgan fingerprint density at radius 1 is 1.47 bits per heavy atom. The van der Waals surface area contributed by atoms with Crippen molar-refractivity contribution < 1.29 is 14.4 Å². The van der Waals surface area contributed by atoms with Crippen LogP contribution in [0.2, 0.25) is 0 Å². The number of hydrogen-bond acceptors (Lipinski definition) is 4. The van der Waals surface area contributed by atoms with E-state index < -0.39 is 0 Å². The van der Waals surface area contributed by atoms with E-state index in [1.54, 1.807) is 6.92 Å². The molecule has 15 heavy (non-hydrogen) atoms. The number of carbonyl (C=O) groups is 1. The number of nitrogens with zero attached hydrogens (tertiary/aromatic N) is 1. The summed E-state index contributed by atoms with van der Waals surface area (Å²) in [5.41, 5.74) is 0. The maximum Gasteiger partial charge on any atom is 0.223 e. The van der Waals surface area contributed by atoms with Crippen molar-refractivity contribution >= 4 is 11.8 Å². The fourth-order valence-electron chi connectivity index (χ4n) is 0.904. The second-order valence-corrected chi connectivity index (χ2v) is 3.35. The summed E-state index contributed by atoms with van der Waals surface area (Å²) in [6, 6.07) is 0.158. The molecule has 0 aromatic heterocycles. The third kappa shape index (κ3) is 9.05. The minimum atomic E-state index is -0.0331. The first-order valence-electron chi connectivity index (χ1n) is 5.15. The van der Waals surface area contributed by atoms with Gasteiger partial charge in [0.15, 0.2) is 0 Å². The lowest BCUT2D eigenvalue weighted by molar-refractivity contribution is -0.122. The molecule has 88 valence electrons. The maximum atomic E-state index is 11.2. The topological polar surface area (TPSA) is 59.9 Å². The molecule has 0 unspecified atom stereocenters. The summed E-state index contributed by atoms with van der Waals surface area (Å²) < 4.78 is 5.04. The third-order valence-corrected chi connectivity index (χ3v) is 1.42. The van der Waals surface area contributed by atoms with Gasteiger partial charge in [-0.1, -0.05) is 5.16 Å². The van der Waals surface area contributed by atoms with Crippen LogP contribution in [0.1, 0.15) is 34.1 Å². The first-order chi connectivity index (χ1) is 7.06. The molecular weight excluding hydrogens is 196 g/mol. The van der Waals surface area contributed by atoms with Gasteiger partial charge in [0.25, 0.3) is 0 Å². The molecule has 0 atom stereocenters. The van der Waals surface area contributed by atoms with Gasteiger partial charge < -0.3 is 14.9 Å². The van der Waals surface area contributed by atoms with Crippen LogP contribution in [0, 0.1) is 0 Å². The normalized spacial score (nSPS) is 11.4. The molecule has 0 rings (SSSR count). The lowest BCUT2D eigenvalue weighted by atomic mass is 10.3. The van der Waals surface area contributed by atoms with Crippen LogP contribution in [-0.2, 0) is 14.4 Å². The molecule has 0 aromatic carbocycles. The average molecular weight is 216 g/mol. The summed E-state index contributed by atoms with van der Waals surface area (Å²) in [4.78, 5) is 16.1. The third-order valence-electron chi connectivity index (χ3n) is 1.42. The van der Waals surface area contributed by atoms with Crippen molar-refractivity contribution in [3.8, 4) is 0 Å². The first-order valence-corrected chi connectivity index (χ1v) is 5.15. The molecule has 0 heterocycles. The minimum Gasteiger partial charge on any atom is -0.479 e. The van der Waals surface area contributed by atoms with E-state index in [0.29, 0.717) is 18.9 Å². The van der Waals surface area contributed by atoms with Gasteiger partial charge in [-0.3, -0.25) is 4.79 Å². The number of rotatable bonds is 6. The molecule has 0 radical (unpaired) electrons. The predicted octanol–water partition coefficient (Wildman–Crippen LogP) is 1.29. The lowest BCUT2D eigenvalue weighted by Gasteiger charge is -2.07. The standard InChI is InChI=1S/C10H20N2O3/c1-5-14-9(4)12-15-7-6-10(13)11-8(2)3/h8H,5-7H2,1-4H3,(H,11,13). The molecular formula is C10H20N2O3. The predicted molar refractivity (Wildman–Crippen MR) is 58.6 cm³/mol. The summed E-state index contributed by atoms with van der Waals surface area (Å²) >= 11 is 0. The van der Waals surface area contributed by atoms with Gasteiger partial charge in [0.1, 0.15) is 6.61 Å². The minimum absolute atomic E-state index is 0.0331. The largest absolute Gasteiger partial charge is 0.479 e. The van der Waals surface area contributed by atoms with Crippen LogP contribution in [0.15, 0.2) is 5.16 Å². The van der Waals surface area contributed by atoms with E-state index in [2.05, 4.69) is 10.5 Å². The Balaban J connectivity index is 3.53. The molecule has 0 bridgehead atoms. The Hall–Kier alpha value is -1.26. The van der Waals surface area contributed by atoms with E-state index in [0.717, 1.165) is 0 Å². The van der Waals surface area contributed by atoms with Crippen LogP contribution < -0.4 is 5.32 Å². The molecule has 0 saturated carbocycles. The van der Waals surface area contributed by atoms with E-state index in [9.17, 15) is 4.79 Å². The van der Waals surface area contributed by atoms with Crippen LogP contribution in [0.3, 0.4) is 0 Å². The Labute approximate surface area is 90.8 Å². The van der Waals surface area contributed by atoms with Crippen LogP contribution in [0.4, 0.5) is 0 Å². The zero-order valence-corrected chi connectivity index (χ0v) is 9.87. The van der Waals surface area contributed by atoms with E-state index in [-0.39, 0.29) is 18.6 Å². The zero-order chi connectivity index (χ0) is 11.7. The Kier molecular flexibility index (Phi) is 7.40. The highest BCUT2D eigenvalue weighted by Gasteiger charge is 2.02. The maximum absolute atomic E-state index is 11.2. The summed E-state index contributed by atoms with van der Waals surface area (Å²) in [6.07, 6.45) is 0.307. The number of oxime groups is 1. The van der Waals surface area contributed by atoms with E-state index in [1.165, 1.54) is 0 Å². The van der Waals surface area contributed by atoms with Crippen molar-refractivity contribution in [2.45, 2.75) is 40.2 Å². The van der Waals surface area contributed by atoms with Gasteiger partial charge in [0, 0.05) is 13.0 Å². The number of ether oxygens (including phenoxy) is 1. The van der Waals surface area contributed by atoms with Crippen molar-refractivity contribution in [3.05, 3.63) is 0 Å². The first kappa shape index (κ1) is 13.7. The second kappa shape index (κ2) is 8.08. The number of hydrogen-bond donors (Lipinski definition) is 1. The molecule has 0 fully saturated rings. The van der Waals surface area contributed by atoms with E-state index in [4.69, 9.17) is 9.57 Å². The fraction of sp³-hybridized carbons (Fsp3) is 0.800. The smallest absolute Gasteiger partial charge is 0.223 e. The van der Waals surface area contributed by atoms with Crippen molar-refractivity contribution in [2.75, 3.05) is 13.2 Å². The summed E-state index contributed by atoms with van der Waals surface area (Å²) in [5.74, 6) is 0.441. The molecule has 1 N–H and O–H groups in total. The zero-order valence-electron chi connectivity index (χ0n) is 9.87. The van der Waals surface area contributed by atoms with Gasteiger partial charge in [-0.15, -0.1) is 0 Å². The second-order valence-electron chi connectivity index (χ2n) is 3.35. The molecule has 1 amide bonds. The molecule has 0 aliphatic heterocycles. The highest BCUT2D eigenvalue weighted by atomic mass is 16.6. The fourth-order valence-corrected chi connectivity index (χ4v) is 0.904. The van der Waals surface area contributed by atoms with Crippen molar-refractivity contribution in [1.29, 1.82) is 0 Å². The van der Waals surface area contributed by atoms with Crippen LogP contribution in [0.5, 0.6) is 0 Å². The Morgan fingerprint density at radius 2 is 2.13 bits per heavy atom. The SMILES string of the molecule is CCOC(C)=NOCCC(=O)NC(C)C. The van der Waals surface area contributed by atoms with E-state index >= 15 is 0 Å². The van der Waals surface area contributed by atoms with E-state index in [1.807, 2.05) is 20.8 Å². The van der Waals surface area contributed by atoms with Crippen molar-refractivity contribution in [1.82, 2.24) is 5.32 Å². The van der Waals surface area contributed by atoms with Crippen LogP contribution >= 0.6 is 0 Å². The molecule has 0 aromatic rings. The van der Waals surface area contributed by atoms with Gasteiger partial charge in [-0.25, -0.2) is 0 Å². The van der Waals surface area contributed by atoms with Gasteiger partial charge >= 0.3 is 0 Å². The van der Waals surface area contributed by atoms with Gasteiger partial charge in [-0.05, 0) is 20.8 Å². The van der Waals surface area contributed by atoms with Crippen LogP contribution in [0.25, 0.3) is 0 Å². The number of amides is 1. The summed E-state index contributed by atoms with van der Waals surface area (Å²) in [7, 11) is 0. The monoisotopic (exact) mass is 216 g/mol. The quantitative estimate of drug-likeness (QED) is 0.315. The molecule has 5 nitrogen and oxygen atoms in total. The highest BCUT2D eigenvalue weighted by molar-refractivity contribution is 5.76. The lowest BCUT2D eigenvalue weighted by Crippen LogP contribution is -2.30. The number of nitrogens with one attached hydrogen (secondary N) is 1. The summed E-state index contributed by atoms with van der Waals surface area (Å²) in [5, 5.41) is 6.44. The molecule has 0 saturated heterocycles. The molecule has 0 aliphatic carbocycles. The average Bonchev–Trinajstić information content (AvgIpc) is 2.12. The van der Waals surface area contributed by atoms with Crippen molar-refractivity contribution in [2.24, 2.45) is 5.16 Å². The van der Waals surface area contributed by atoms with Gasteiger partial charge in [-0.2, -0.15) is 0 Å².